The number of rotatable bonds is 5. The van der Waals surface area contributed by atoms with Gasteiger partial charge in [-0.3, -0.25) is 0 Å². The van der Waals surface area contributed by atoms with Gasteiger partial charge in [-0.2, -0.15) is 0 Å². The third-order valence-corrected chi connectivity index (χ3v) is 5.09. The van der Waals surface area contributed by atoms with E-state index in [0.29, 0.717) is 19.0 Å². The van der Waals surface area contributed by atoms with Crippen LogP contribution < -0.4 is 10.6 Å². The van der Waals surface area contributed by atoms with Crippen LogP contribution in [0.15, 0.2) is 27.7 Å². The molecule has 0 fully saturated rings. The maximum absolute atomic E-state index is 13.3. The molecular formula is C16H20BrFN4S. The molecule has 0 amide bonds. The number of aliphatic imine (C=N–C) groups is 1. The van der Waals surface area contributed by atoms with Crippen molar-refractivity contribution in [2.75, 3.05) is 6.54 Å². The van der Waals surface area contributed by atoms with Crippen molar-refractivity contribution in [3.63, 3.8) is 0 Å². The van der Waals surface area contributed by atoms with E-state index in [0.717, 1.165) is 27.3 Å². The smallest absolute Gasteiger partial charge is 0.191 e. The average Bonchev–Trinajstić information content (AvgIpc) is 2.84. The Morgan fingerprint density at radius 2 is 2.13 bits per heavy atom. The van der Waals surface area contributed by atoms with Crippen molar-refractivity contribution in [2.45, 2.75) is 33.9 Å². The van der Waals surface area contributed by atoms with Crippen LogP contribution in [0.5, 0.6) is 0 Å². The fourth-order valence-corrected chi connectivity index (χ4v) is 3.19. The Balaban J connectivity index is 2.03. The van der Waals surface area contributed by atoms with Gasteiger partial charge in [-0.05, 0) is 44.5 Å². The van der Waals surface area contributed by atoms with Crippen LogP contribution in [0.25, 0.3) is 0 Å². The summed E-state index contributed by atoms with van der Waals surface area (Å²) in [5.74, 6) is 0.430. The van der Waals surface area contributed by atoms with E-state index in [-0.39, 0.29) is 5.82 Å². The Kier molecular flexibility index (Phi) is 6.53. The SMILES string of the molecule is CCNC(=NCc1cc(F)ccc1Br)NCc1nc(C)c(C)s1. The third-order valence-electron chi connectivity index (χ3n) is 3.24. The zero-order valence-corrected chi connectivity index (χ0v) is 15.8. The normalized spacial score (nSPS) is 11.6. The van der Waals surface area contributed by atoms with Gasteiger partial charge >= 0.3 is 0 Å². The molecule has 0 unspecified atom stereocenters. The zero-order chi connectivity index (χ0) is 16.8. The highest BCUT2D eigenvalue weighted by molar-refractivity contribution is 9.10. The lowest BCUT2D eigenvalue weighted by Gasteiger charge is -2.10. The molecule has 4 nitrogen and oxygen atoms in total. The predicted octanol–water partition coefficient (Wildman–Crippen LogP) is 3.92. The molecule has 2 aromatic rings. The van der Waals surface area contributed by atoms with E-state index in [4.69, 9.17) is 0 Å². The van der Waals surface area contributed by atoms with Crippen molar-refractivity contribution < 1.29 is 4.39 Å². The second-order valence-electron chi connectivity index (χ2n) is 5.03. The molecule has 0 bridgehead atoms. The molecule has 0 saturated carbocycles. The van der Waals surface area contributed by atoms with Gasteiger partial charge in [-0.1, -0.05) is 15.9 Å². The average molecular weight is 399 g/mol. The number of nitrogens with one attached hydrogen (secondary N) is 2. The first-order valence-corrected chi connectivity index (χ1v) is 8.99. The largest absolute Gasteiger partial charge is 0.357 e. The van der Waals surface area contributed by atoms with Gasteiger partial charge in [0.05, 0.1) is 18.8 Å². The van der Waals surface area contributed by atoms with E-state index < -0.39 is 0 Å². The van der Waals surface area contributed by atoms with Crippen molar-refractivity contribution >= 4 is 33.2 Å². The lowest BCUT2D eigenvalue weighted by molar-refractivity contribution is 0.625. The van der Waals surface area contributed by atoms with E-state index in [1.54, 1.807) is 17.4 Å². The number of benzene rings is 1. The highest BCUT2D eigenvalue weighted by Crippen LogP contribution is 2.19. The van der Waals surface area contributed by atoms with Crippen LogP contribution in [0, 0.1) is 19.7 Å². The minimum Gasteiger partial charge on any atom is -0.357 e. The standard InChI is InChI=1S/C16H20BrFN4S/c1-4-19-16(21-9-15-22-10(2)11(3)23-15)20-8-12-7-13(18)5-6-14(12)17/h5-7H,4,8-9H2,1-3H3,(H2,19,20,21). The predicted molar refractivity (Wildman–Crippen MR) is 97.3 cm³/mol. The first kappa shape index (κ1) is 17.9. The second kappa shape index (κ2) is 8.40. The Hall–Kier alpha value is -1.47. The number of halogens is 2. The van der Waals surface area contributed by atoms with Crippen LogP contribution >= 0.6 is 27.3 Å². The molecule has 0 spiro atoms. The van der Waals surface area contributed by atoms with E-state index in [9.17, 15) is 4.39 Å². The molecule has 2 N–H and O–H groups in total. The summed E-state index contributed by atoms with van der Waals surface area (Å²) in [6, 6.07) is 4.61. The number of aromatic nitrogens is 1. The fraction of sp³-hybridized carbons (Fsp3) is 0.375. The van der Waals surface area contributed by atoms with Crippen LogP contribution in [0.4, 0.5) is 4.39 Å². The molecule has 124 valence electrons. The highest BCUT2D eigenvalue weighted by atomic mass is 79.9. The number of thiazole rings is 1. The van der Waals surface area contributed by atoms with Gasteiger partial charge in [-0.15, -0.1) is 11.3 Å². The van der Waals surface area contributed by atoms with E-state index in [2.05, 4.69) is 43.5 Å². The topological polar surface area (TPSA) is 49.3 Å². The van der Waals surface area contributed by atoms with Gasteiger partial charge in [-0.25, -0.2) is 14.4 Å². The van der Waals surface area contributed by atoms with E-state index >= 15 is 0 Å². The van der Waals surface area contributed by atoms with Gasteiger partial charge in [0, 0.05) is 15.9 Å². The Morgan fingerprint density at radius 3 is 2.78 bits per heavy atom. The molecule has 0 atom stereocenters. The molecule has 0 aliphatic carbocycles. The quantitative estimate of drug-likeness (QED) is 0.592. The van der Waals surface area contributed by atoms with Gasteiger partial charge in [0.2, 0.25) is 0 Å². The van der Waals surface area contributed by atoms with Crippen molar-refractivity contribution in [2.24, 2.45) is 4.99 Å². The van der Waals surface area contributed by atoms with Crippen molar-refractivity contribution in [3.8, 4) is 0 Å². The van der Waals surface area contributed by atoms with Gasteiger partial charge in [0.1, 0.15) is 10.8 Å². The summed E-state index contributed by atoms with van der Waals surface area (Å²) in [7, 11) is 0. The molecule has 0 saturated heterocycles. The number of aryl methyl sites for hydroxylation is 2. The Morgan fingerprint density at radius 1 is 1.35 bits per heavy atom. The number of guanidine groups is 1. The molecule has 23 heavy (non-hydrogen) atoms. The van der Waals surface area contributed by atoms with Crippen molar-refractivity contribution in [1.82, 2.24) is 15.6 Å². The summed E-state index contributed by atoms with van der Waals surface area (Å²) >= 11 is 5.10. The van der Waals surface area contributed by atoms with Crippen LogP contribution in [0.1, 0.15) is 28.1 Å². The molecule has 1 heterocycles. The molecule has 0 aliphatic rings. The summed E-state index contributed by atoms with van der Waals surface area (Å²) in [6.07, 6.45) is 0. The lowest BCUT2D eigenvalue weighted by Crippen LogP contribution is -2.36. The molecule has 2 rings (SSSR count). The molecule has 1 aromatic carbocycles. The monoisotopic (exact) mass is 398 g/mol. The highest BCUT2D eigenvalue weighted by Gasteiger charge is 2.06. The molecule has 0 radical (unpaired) electrons. The summed E-state index contributed by atoms with van der Waals surface area (Å²) < 4.78 is 14.2. The summed E-state index contributed by atoms with van der Waals surface area (Å²) in [4.78, 5) is 10.2. The molecule has 1 aromatic heterocycles. The summed E-state index contributed by atoms with van der Waals surface area (Å²) in [5.41, 5.74) is 1.88. The Labute approximate surface area is 148 Å². The third kappa shape index (κ3) is 5.28. The van der Waals surface area contributed by atoms with Crippen LogP contribution in [-0.4, -0.2) is 17.5 Å². The van der Waals surface area contributed by atoms with Gasteiger partial charge in [0.25, 0.3) is 0 Å². The van der Waals surface area contributed by atoms with Crippen LogP contribution in [-0.2, 0) is 13.1 Å². The number of hydrogen-bond donors (Lipinski definition) is 2. The minimum absolute atomic E-state index is 0.259. The first-order valence-electron chi connectivity index (χ1n) is 7.38. The lowest BCUT2D eigenvalue weighted by atomic mass is 10.2. The molecule has 0 aliphatic heterocycles. The van der Waals surface area contributed by atoms with Crippen LogP contribution in [0.2, 0.25) is 0 Å². The maximum Gasteiger partial charge on any atom is 0.191 e. The van der Waals surface area contributed by atoms with E-state index in [1.807, 2.05) is 13.8 Å². The first-order chi connectivity index (χ1) is 11.0. The van der Waals surface area contributed by atoms with Gasteiger partial charge < -0.3 is 10.6 Å². The number of nitrogens with zero attached hydrogens (tertiary/aromatic N) is 2. The Bertz CT molecular complexity index is 680. The fourth-order valence-electron chi connectivity index (χ4n) is 1.94. The second-order valence-corrected chi connectivity index (χ2v) is 7.18. The van der Waals surface area contributed by atoms with Crippen LogP contribution in [0.3, 0.4) is 0 Å². The number of hydrogen-bond acceptors (Lipinski definition) is 3. The van der Waals surface area contributed by atoms with E-state index in [1.165, 1.54) is 17.0 Å². The summed E-state index contributed by atoms with van der Waals surface area (Å²) in [5, 5.41) is 7.47. The van der Waals surface area contributed by atoms with Crippen molar-refractivity contribution in [1.29, 1.82) is 0 Å². The van der Waals surface area contributed by atoms with Crippen molar-refractivity contribution in [3.05, 3.63) is 49.6 Å². The molecule has 7 heteroatoms. The summed E-state index contributed by atoms with van der Waals surface area (Å²) in [6.45, 7) is 7.85. The molecular weight excluding hydrogens is 379 g/mol. The van der Waals surface area contributed by atoms with Gasteiger partial charge in [0.15, 0.2) is 5.96 Å². The zero-order valence-electron chi connectivity index (χ0n) is 13.4. The maximum atomic E-state index is 13.3. The minimum atomic E-state index is -0.259.